The van der Waals surface area contributed by atoms with Crippen LogP contribution in [0.25, 0.3) is 0 Å². The second kappa shape index (κ2) is 6.61. The van der Waals surface area contributed by atoms with E-state index in [2.05, 4.69) is 10.6 Å². The van der Waals surface area contributed by atoms with Gasteiger partial charge in [0, 0.05) is 0 Å². The Morgan fingerprint density at radius 3 is 2.47 bits per heavy atom. The van der Waals surface area contributed by atoms with Crippen LogP contribution in [0.15, 0.2) is 18.2 Å². The zero-order valence-electron chi connectivity index (χ0n) is 10.7. The topological polar surface area (TPSA) is 41.1 Å². The van der Waals surface area contributed by atoms with Crippen molar-refractivity contribution in [3.63, 3.8) is 0 Å². The van der Waals surface area contributed by atoms with E-state index in [-0.39, 0.29) is 12.2 Å². The number of nitrogens with one attached hydrogen (secondary N) is 2. The van der Waals surface area contributed by atoms with Gasteiger partial charge in [0.25, 0.3) is 0 Å². The van der Waals surface area contributed by atoms with E-state index in [0.717, 1.165) is 18.7 Å². The van der Waals surface area contributed by atoms with Gasteiger partial charge in [0.05, 0.1) is 6.54 Å². The van der Waals surface area contributed by atoms with Gasteiger partial charge in [0.2, 0.25) is 5.91 Å². The summed E-state index contributed by atoms with van der Waals surface area (Å²) >= 11 is 0. The molecule has 0 aliphatic heterocycles. The van der Waals surface area contributed by atoms with E-state index in [0.29, 0.717) is 5.92 Å². The van der Waals surface area contributed by atoms with Crippen LogP contribution in [-0.4, -0.2) is 19.0 Å². The standard InChI is InChI=1S/C14H18F2N2O/c15-11-6-3-7-12(16)14(11)18-13(19)9-17-8-10-4-1-2-5-10/h3,6-7,10,17H,1-2,4-5,8-9H2,(H,18,19). The fraction of sp³-hybridized carbons (Fsp3) is 0.500. The fourth-order valence-electron chi connectivity index (χ4n) is 2.41. The van der Waals surface area contributed by atoms with E-state index in [9.17, 15) is 13.6 Å². The average molecular weight is 268 g/mol. The van der Waals surface area contributed by atoms with Crippen molar-refractivity contribution in [3.05, 3.63) is 29.8 Å². The van der Waals surface area contributed by atoms with Crippen LogP contribution < -0.4 is 10.6 Å². The molecule has 3 nitrogen and oxygen atoms in total. The summed E-state index contributed by atoms with van der Waals surface area (Å²) in [5.41, 5.74) is -0.379. The molecular weight excluding hydrogens is 250 g/mol. The second-order valence-electron chi connectivity index (χ2n) is 4.93. The summed E-state index contributed by atoms with van der Waals surface area (Å²) in [7, 11) is 0. The van der Waals surface area contributed by atoms with Gasteiger partial charge in [-0.25, -0.2) is 8.78 Å². The van der Waals surface area contributed by atoms with Gasteiger partial charge in [-0.3, -0.25) is 4.79 Å². The number of rotatable bonds is 5. The third kappa shape index (κ3) is 3.99. The number of amides is 1. The van der Waals surface area contributed by atoms with Crippen LogP contribution >= 0.6 is 0 Å². The van der Waals surface area contributed by atoms with Crippen LogP contribution in [0.2, 0.25) is 0 Å². The molecule has 0 saturated heterocycles. The Morgan fingerprint density at radius 2 is 1.84 bits per heavy atom. The van der Waals surface area contributed by atoms with Crippen molar-refractivity contribution < 1.29 is 13.6 Å². The number of anilines is 1. The molecule has 0 radical (unpaired) electrons. The molecule has 0 unspecified atom stereocenters. The van der Waals surface area contributed by atoms with Gasteiger partial charge in [0.15, 0.2) is 0 Å². The first kappa shape index (κ1) is 13.9. The molecule has 0 heterocycles. The number of halogens is 2. The zero-order chi connectivity index (χ0) is 13.7. The second-order valence-corrected chi connectivity index (χ2v) is 4.93. The average Bonchev–Trinajstić information content (AvgIpc) is 2.87. The lowest BCUT2D eigenvalue weighted by Gasteiger charge is -2.11. The molecule has 1 aliphatic rings. The van der Waals surface area contributed by atoms with Crippen molar-refractivity contribution in [2.24, 2.45) is 5.92 Å². The van der Waals surface area contributed by atoms with Crippen LogP contribution in [0.4, 0.5) is 14.5 Å². The molecular formula is C14H18F2N2O. The van der Waals surface area contributed by atoms with Crippen molar-refractivity contribution in [1.82, 2.24) is 5.32 Å². The molecule has 104 valence electrons. The predicted molar refractivity (Wildman–Crippen MR) is 69.8 cm³/mol. The van der Waals surface area contributed by atoms with Crippen molar-refractivity contribution in [3.8, 4) is 0 Å². The third-order valence-electron chi connectivity index (χ3n) is 3.42. The summed E-state index contributed by atoms with van der Waals surface area (Å²) in [6.45, 7) is 0.859. The molecule has 2 N–H and O–H groups in total. The summed E-state index contributed by atoms with van der Waals surface area (Å²) in [6.07, 6.45) is 4.88. The molecule has 0 bridgehead atoms. The smallest absolute Gasteiger partial charge is 0.238 e. The Bertz CT molecular complexity index is 425. The minimum Gasteiger partial charge on any atom is -0.320 e. The Hall–Kier alpha value is -1.49. The molecule has 2 rings (SSSR count). The highest BCUT2D eigenvalue weighted by atomic mass is 19.1. The predicted octanol–water partition coefficient (Wildman–Crippen LogP) is 2.68. The van der Waals surface area contributed by atoms with Crippen molar-refractivity contribution in [2.45, 2.75) is 25.7 Å². The fourth-order valence-corrected chi connectivity index (χ4v) is 2.41. The van der Waals surface area contributed by atoms with Crippen molar-refractivity contribution in [1.29, 1.82) is 0 Å². The molecule has 19 heavy (non-hydrogen) atoms. The number of hydrogen-bond acceptors (Lipinski definition) is 2. The number of para-hydroxylation sites is 1. The van der Waals surface area contributed by atoms with Crippen LogP contribution in [0.1, 0.15) is 25.7 Å². The minimum absolute atomic E-state index is 0.0737. The van der Waals surface area contributed by atoms with E-state index >= 15 is 0 Å². The number of carbonyl (C=O) groups excluding carboxylic acids is 1. The molecule has 0 spiro atoms. The van der Waals surface area contributed by atoms with Gasteiger partial charge < -0.3 is 10.6 Å². The van der Waals surface area contributed by atoms with Gasteiger partial charge in [-0.1, -0.05) is 18.9 Å². The summed E-state index contributed by atoms with van der Waals surface area (Å²) < 4.78 is 26.6. The van der Waals surface area contributed by atoms with Crippen LogP contribution in [0.3, 0.4) is 0 Å². The van der Waals surface area contributed by atoms with Gasteiger partial charge in [-0.05, 0) is 37.4 Å². The first-order valence-corrected chi connectivity index (χ1v) is 6.61. The number of benzene rings is 1. The van der Waals surface area contributed by atoms with Crippen LogP contribution in [-0.2, 0) is 4.79 Å². The Balaban J connectivity index is 1.77. The summed E-state index contributed by atoms with van der Waals surface area (Å²) in [4.78, 5) is 11.6. The molecule has 1 aromatic carbocycles. The van der Waals surface area contributed by atoms with E-state index < -0.39 is 17.5 Å². The molecule has 0 atom stereocenters. The van der Waals surface area contributed by atoms with Crippen LogP contribution in [0, 0.1) is 17.6 Å². The number of carbonyl (C=O) groups is 1. The molecule has 0 aromatic heterocycles. The van der Waals surface area contributed by atoms with E-state index in [4.69, 9.17) is 0 Å². The van der Waals surface area contributed by atoms with E-state index in [1.807, 2.05) is 0 Å². The quantitative estimate of drug-likeness (QED) is 0.862. The van der Waals surface area contributed by atoms with E-state index in [1.165, 1.54) is 31.7 Å². The molecule has 1 saturated carbocycles. The lowest BCUT2D eigenvalue weighted by Crippen LogP contribution is -2.31. The molecule has 1 fully saturated rings. The van der Waals surface area contributed by atoms with Gasteiger partial charge >= 0.3 is 0 Å². The van der Waals surface area contributed by atoms with Gasteiger partial charge in [0.1, 0.15) is 17.3 Å². The normalized spacial score (nSPS) is 15.7. The van der Waals surface area contributed by atoms with E-state index in [1.54, 1.807) is 0 Å². The largest absolute Gasteiger partial charge is 0.320 e. The highest BCUT2D eigenvalue weighted by molar-refractivity contribution is 5.92. The molecule has 1 amide bonds. The van der Waals surface area contributed by atoms with Crippen LogP contribution in [0.5, 0.6) is 0 Å². The Labute approximate surface area is 111 Å². The maximum Gasteiger partial charge on any atom is 0.238 e. The Morgan fingerprint density at radius 1 is 1.21 bits per heavy atom. The number of hydrogen-bond donors (Lipinski definition) is 2. The summed E-state index contributed by atoms with van der Waals surface area (Å²) in [5.74, 6) is -1.33. The molecule has 5 heteroatoms. The SMILES string of the molecule is O=C(CNCC1CCCC1)Nc1c(F)cccc1F. The van der Waals surface area contributed by atoms with Gasteiger partial charge in [-0.15, -0.1) is 0 Å². The maximum atomic E-state index is 13.3. The molecule has 1 aliphatic carbocycles. The Kier molecular flexibility index (Phi) is 4.85. The highest BCUT2D eigenvalue weighted by Crippen LogP contribution is 2.23. The van der Waals surface area contributed by atoms with Crippen molar-refractivity contribution in [2.75, 3.05) is 18.4 Å². The monoisotopic (exact) mass is 268 g/mol. The lowest BCUT2D eigenvalue weighted by atomic mass is 10.1. The van der Waals surface area contributed by atoms with Gasteiger partial charge in [-0.2, -0.15) is 0 Å². The first-order valence-electron chi connectivity index (χ1n) is 6.61. The van der Waals surface area contributed by atoms with Crippen molar-refractivity contribution >= 4 is 11.6 Å². The summed E-state index contributed by atoms with van der Waals surface area (Å²) in [5, 5.41) is 5.28. The highest BCUT2D eigenvalue weighted by Gasteiger charge is 2.15. The lowest BCUT2D eigenvalue weighted by molar-refractivity contribution is -0.115. The maximum absolute atomic E-state index is 13.3. The third-order valence-corrected chi connectivity index (χ3v) is 3.42. The minimum atomic E-state index is -0.760. The first-order chi connectivity index (χ1) is 9.16. The summed E-state index contributed by atoms with van der Waals surface area (Å²) in [6, 6.07) is 3.49. The molecule has 1 aromatic rings. The zero-order valence-corrected chi connectivity index (χ0v) is 10.7.